The molecule has 26 heavy (non-hydrogen) atoms. The van der Waals surface area contributed by atoms with Crippen LogP contribution in [0.25, 0.3) is 11.4 Å². The molecule has 1 amide bonds. The maximum Gasteiger partial charge on any atom is 0.234 e. The third-order valence-electron chi connectivity index (χ3n) is 3.47. The number of nitrogens with one attached hydrogen (secondary N) is 1. The first kappa shape index (κ1) is 18.1. The summed E-state index contributed by atoms with van der Waals surface area (Å²) in [4.78, 5) is 12.1. The molecule has 3 rings (SSSR count). The number of benzene rings is 2. The molecule has 3 N–H and O–H groups in total. The van der Waals surface area contributed by atoms with Gasteiger partial charge in [-0.1, -0.05) is 41.6 Å². The van der Waals surface area contributed by atoms with Crippen molar-refractivity contribution in [3.8, 4) is 17.1 Å². The lowest BCUT2D eigenvalue weighted by molar-refractivity contribution is -0.113. The number of nitrogen functional groups attached to an aromatic ring is 1. The van der Waals surface area contributed by atoms with Crippen molar-refractivity contribution in [1.82, 2.24) is 14.9 Å². The van der Waals surface area contributed by atoms with Crippen LogP contribution >= 0.6 is 23.4 Å². The van der Waals surface area contributed by atoms with Crippen LogP contribution in [0.1, 0.15) is 0 Å². The Balaban J connectivity index is 1.65. The topological polar surface area (TPSA) is 95.1 Å². The predicted molar refractivity (Wildman–Crippen MR) is 103 cm³/mol. The van der Waals surface area contributed by atoms with Crippen molar-refractivity contribution in [2.24, 2.45) is 0 Å². The summed E-state index contributed by atoms with van der Waals surface area (Å²) < 4.78 is 6.45. The number of amides is 1. The first-order valence-electron chi connectivity index (χ1n) is 7.60. The minimum absolute atomic E-state index is 0.134. The second-order valence-corrected chi connectivity index (χ2v) is 6.57. The number of aromatic nitrogens is 3. The highest BCUT2D eigenvalue weighted by molar-refractivity contribution is 7.99. The highest BCUT2D eigenvalue weighted by atomic mass is 35.5. The Bertz CT molecular complexity index is 931. The Kier molecular flexibility index (Phi) is 5.65. The molecule has 9 heteroatoms. The Labute approximate surface area is 159 Å². The quantitative estimate of drug-likeness (QED) is 0.497. The van der Waals surface area contributed by atoms with Crippen molar-refractivity contribution in [3.63, 3.8) is 0 Å². The van der Waals surface area contributed by atoms with Gasteiger partial charge in [0.05, 0.1) is 17.9 Å². The zero-order chi connectivity index (χ0) is 18.5. The normalized spacial score (nSPS) is 10.5. The van der Waals surface area contributed by atoms with Gasteiger partial charge in [-0.25, -0.2) is 4.68 Å². The van der Waals surface area contributed by atoms with Gasteiger partial charge in [-0.3, -0.25) is 4.79 Å². The van der Waals surface area contributed by atoms with Gasteiger partial charge in [0, 0.05) is 17.3 Å². The van der Waals surface area contributed by atoms with Gasteiger partial charge >= 0.3 is 0 Å². The zero-order valence-corrected chi connectivity index (χ0v) is 15.4. The van der Waals surface area contributed by atoms with E-state index in [4.69, 9.17) is 22.2 Å². The highest BCUT2D eigenvalue weighted by Gasteiger charge is 2.15. The van der Waals surface area contributed by atoms with Crippen molar-refractivity contribution in [2.45, 2.75) is 5.16 Å². The molecular formula is C17H16ClN5O2S. The molecule has 2 aromatic carbocycles. The molecule has 0 fully saturated rings. The van der Waals surface area contributed by atoms with E-state index in [0.717, 1.165) is 0 Å². The fraction of sp³-hybridized carbons (Fsp3) is 0.118. The first-order valence-corrected chi connectivity index (χ1v) is 8.97. The molecule has 0 atom stereocenters. The minimum Gasteiger partial charge on any atom is -0.497 e. The highest BCUT2D eigenvalue weighted by Crippen LogP contribution is 2.27. The van der Waals surface area contributed by atoms with Gasteiger partial charge in [-0.2, -0.15) is 0 Å². The summed E-state index contributed by atoms with van der Waals surface area (Å²) in [5.74, 6) is 7.09. The molecule has 0 unspecified atom stereocenters. The van der Waals surface area contributed by atoms with E-state index in [9.17, 15) is 4.79 Å². The van der Waals surface area contributed by atoms with Gasteiger partial charge in [0.15, 0.2) is 5.82 Å². The smallest absolute Gasteiger partial charge is 0.234 e. The van der Waals surface area contributed by atoms with Crippen LogP contribution in [0.4, 0.5) is 5.69 Å². The molecule has 0 radical (unpaired) electrons. The minimum atomic E-state index is -0.189. The first-order chi connectivity index (χ1) is 12.6. The molecule has 7 nitrogen and oxygen atoms in total. The Morgan fingerprint density at radius 1 is 1.27 bits per heavy atom. The fourth-order valence-electron chi connectivity index (χ4n) is 2.23. The molecule has 0 aliphatic heterocycles. The van der Waals surface area contributed by atoms with Crippen molar-refractivity contribution < 1.29 is 9.53 Å². The lowest BCUT2D eigenvalue weighted by Gasteiger charge is -2.07. The summed E-state index contributed by atoms with van der Waals surface area (Å²) >= 11 is 7.35. The number of ether oxygens (including phenoxy) is 1. The number of hydrogen-bond acceptors (Lipinski definition) is 6. The van der Waals surface area contributed by atoms with E-state index in [-0.39, 0.29) is 11.7 Å². The van der Waals surface area contributed by atoms with Crippen molar-refractivity contribution >= 4 is 35.0 Å². The average Bonchev–Trinajstić information content (AvgIpc) is 3.01. The summed E-state index contributed by atoms with van der Waals surface area (Å²) in [6.45, 7) is 0. The van der Waals surface area contributed by atoms with E-state index < -0.39 is 0 Å². The van der Waals surface area contributed by atoms with E-state index in [1.54, 1.807) is 43.5 Å². The van der Waals surface area contributed by atoms with Crippen LogP contribution in [0.3, 0.4) is 0 Å². The Hall–Kier alpha value is -2.71. The van der Waals surface area contributed by atoms with E-state index in [2.05, 4.69) is 15.5 Å². The fourth-order valence-corrected chi connectivity index (χ4v) is 3.11. The van der Waals surface area contributed by atoms with Gasteiger partial charge in [0.1, 0.15) is 5.75 Å². The van der Waals surface area contributed by atoms with Gasteiger partial charge in [0.25, 0.3) is 0 Å². The number of nitrogens with zero attached hydrogens (tertiary/aromatic N) is 3. The number of carbonyl (C=O) groups is 1. The molecular weight excluding hydrogens is 374 g/mol. The number of halogens is 1. The van der Waals surface area contributed by atoms with E-state index in [1.165, 1.54) is 16.4 Å². The number of thioether (sulfide) groups is 1. The van der Waals surface area contributed by atoms with E-state index >= 15 is 0 Å². The van der Waals surface area contributed by atoms with E-state index in [1.807, 2.05) is 12.1 Å². The standard InChI is InChI=1S/C17H16ClN5O2S/c1-25-12-6-4-5-11(9-12)20-15(24)10-26-17-22-21-16(23(17)19)13-7-2-3-8-14(13)18/h2-9H,10,19H2,1H3,(H,20,24). The Morgan fingerprint density at radius 3 is 2.85 bits per heavy atom. The molecule has 0 spiro atoms. The van der Waals surface area contributed by atoms with Crippen molar-refractivity contribution in [1.29, 1.82) is 0 Å². The summed E-state index contributed by atoms with van der Waals surface area (Å²) in [6.07, 6.45) is 0. The van der Waals surface area contributed by atoms with Crippen LogP contribution in [0, 0.1) is 0 Å². The molecule has 3 aromatic rings. The van der Waals surface area contributed by atoms with E-state index in [0.29, 0.717) is 33.0 Å². The maximum atomic E-state index is 12.1. The second-order valence-electron chi connectivity index (χ2n) is 5.22. The van der Waals surface area contributed by atoms with Crippen LogP contribution in [-0.4, -0.2) is 33.6 Å². The molecule has 0 saturated heterocycles. The molecule has 0 saturated carbocycles. The third-order valence-corrected chi connectivity index (χ3v) is 4.74. The third kappa shape index (κ3) is 4.09. The number of anilines is 1. The summed E-state index contributed by atoms with van der Waals surface area (Å²) in [7, 11) is 1.57. The number of methoxy groups -OCH3 is 1. The monoisotopic (exact) mass is 389 g/mol. The summed E-state index contributed by atoms with van der Waals surface area (Å²) in [5, 5.41) is 11.8. The van der Waals surface area contributed by atoms with Gasteiger partial charge in [-0.15, -0.1) is 10.2 Å². The van der Waals surface area contributed by atoms with Gasteiger partial charge in [-0.05, 0) is 24.3 Å². The predicted octanol–water partition coefficient (Wildman–Crippen LogP) is 3.05. The van der Waals surface area contributed by atoms with Crippen molar-refractivity contribution in [3.05, 3.63) is 53.6 Å². The van der Waals surface area contributed by atoms with Crippen LogP contribution in [-0.2, 0) is 4.79 Å². The Morgan fingerprint density at radius 2 is 2.08 bits per heavy atom. The molecule has 1 heterocycles. The number of rotatable bonds is 6. The lowest BCUT2D eigenvalue weighted by Crippen LogP contribution is -2.16. The maximum absolute atomic E-state index is 12.1. The van der Waals surface area contributed by atoms with Crippen LogP contribution in [0.2, 0.25) is 5.02 Å². The number of nitrogens with two attached hydrogens (primary N) is 1. The van der Waals surface area contributed by atoms with Crippen molar-refractivity contribution in [2.75, 3.05) is 24.0 Å². The molecule has 0 aliphatic carbocycles. The SMILES string of the molecule is COc1cccc(NC(=O)CSc2nnc(-c3ccccc3Cl)n2N)c1. The zero-order valence-electron chi connectivity index (χ0n) is 13.8. The molecule has 0 bridgehead atoms. The second kappa shape index (κ2) is 8.11. The average molecular weight is 390 g/mol. The van der Waals surface area contributed by atoms with Gasteiger partial charge in [0.2, 0.25) is 11.1 Å². The summed E-state index contributed by atoms with van der Waals surface area (Å²) in [5.41, 5.74) is 1.33. The lowest BCUT2D eigenvalue weighted by atomic mass is 10.2. The number of hydrogen-bond donors (Lipinski definition) is 2. The number of carbonyl (C=O) groups excluding carboxylic acids is 1. The van der Waals surface area contributed by atoms with Crippen LogP contribution in [0.5, 0.6) is 5.75 Å². The molecule has 1 aromatic heterocycles. The summed E-state index contributed by atoms with van der Waals surface area (Å²) in [6, 6.07) is 14.3. The molecule has 0 aliphatic rings. The van der Waals surface area contributed by atoms with Gasteiger partial charge < -0.3 is 15.9 Å². The molecule has 134 valence electrons. The van der Waals surface area contributed by atoms with Crippen LogP contribution in [0.15, 0.2) is 53.7 Å². The van der Waals surface area contributed by atoms with Crippen LogP contribution < -0.4 is 15.9 Å². The largest absolute Gasteiger partial charge is 0.497 e.